The quantitative estimate of drug-likeness (QED) is 0.740. The third kappa shape index (κ3) is 4.47. The van der Waals surface area contributed by atoms with Crippen molar-refractivity contribution >= 4 is 43.4 Å². The van der Waals surface area contributed by atoms with E-state index in [1.54, 1.807) is 11.9 Å². The van der Waals surface area contributed by atoms with Gasteiger partial charge in [-0.2, -0.15) is 0 Å². The smallest absolute Gasteiger partial charge is 0.235 e. The highest BCUT2D eigenvalue weighted by atomic mass is 79.9. The number of benzene rings is 1. The highest BCUT2D eigenvalue weighted by molar-refractivity contribution is 9.10. The van der Waals surface area contributed by atoms with Crippen LogP contribution in [0.2, 0.25) is 0 Å². The lowest BCUT2D eigenvalue weighted by Gasteiger charge is -2.26. The third-order valence-electron chi connectivity index (χ3n) is 3.58. The molecule has 0 spiro atoms. The molecule has 0 radical (unpaired) electrons. The van der Waals surface area contributed by atoms with E-state index in [4.69, 9.17) is 0 Å². The first-order valence-electron chi connectivity index (χ1n) is 6.68. The van der Waals surface area contributed by atoms with Gasteiger partial charge in [0.05, 0.1) is 16.8 Å². The molecular weight excluding hydrogens is 374 g/mol. The molecule has 0 bridgehead atoms. The van der Waals surface area contributed by atoms with Crippen LogP contribution in [0.4, 0.5) is 0 Å². The number of halogens is 1. The Morgan fingerprint density at radius 2 is 2.00 bits per heavy atom. The first-order valence-corrected chi connectivity index (χ1v) is 10.2. The van der Waals surface area contributed by atoms with E-state index < -0.39 is 9.84 Å². The van der Waals surface area contributed by atoms with Gasteiger partial charge in [-0.3, -0.25) is 4.79 Å². The molecule has 1 amide bonds. The number of carbonyl (C=O) groups is 1. The minimum Gasteiger partial charge on any atom is -0.341 e. The van der Waals surface area contributed by atoms with Crippen molar-refractivity contribution < 1.29 is 13.2 Å². The molecule has 0 N–H and O–H groups in total. The molecule has 1 fully saturated rings. The molecule has 116 valence electrons. The highest BCUT2D eigenvalue weighted by Gasteiger charge is 2.34. The number of carbonyl (C=O) groups excluding carboxylic acids is 1. The van der Waals surface area contributed by atoms with Gasteiger partial charge in [-0.15, -0.1) is 11.8 Å². The zero-order chi connectivity index (χ0) is 15.6. The highest BCUT2D eigenvalue weighted by Crippen LogP contribution is 2.27. The molecule has 0 aromatic heterocycles. The Balaban J connectivity index is 1.97. The van der Waals surface area contributed by atoms with Gasteiger partial charge in [0.15, 0.2) is 9.84 Å². The molecule has 0 aliphatic carbocycles. The Morgan fingerprint density at radius 1 is 1.38 bits per heavy atom. The standard InChI is InChI=1S/C14H18BrNO3S2/c1-10(20-13-5-3-11(15)4-6-13)14(17)16(2)12-7-8-21(18,19)9-12/h3-6,10,12H,7-9H2,1-2H3. The van der Waals surface area contributed by atoms with Crippen LogP contribution in [0, 0.1) is 0 Å². The Kier molecular flexibility index (Phi) is 5.38. The Morgan fingerprint density at radius 3 is 2.52 bits per heavy atom. The summed E-state index contributed by atoms with van der Waals surface area (Å²) in [5.41, 5.74) is 0. The van der Waals surface area contributed by atoms with E-state index in [1.807, 2.05) is 31.2 Å². The van der Waals surface area contributed by atoms with E-state index >= 15 is 0 Å². The number of nitrogens with zero attached hydrogens (tertiary/aromatic N) is 1. The molecule has 2 atom stereocenters. The molecule has 2 rings (SSSR count). The maximum Gasteiger partial charge on any atom is 0.235 e. The molecule has 1 heterocycles. The van der Waals surface area contributed by atoms with Crippen LogP contribution < -0.4 is 0 Å². The second kappa shape index (κ2) is 6.71. The third-order valence-corrected chi connectivity index (χ3v) is 6.96. The van der Waals surface area contributed by atoms with Gasteiger partial charge in [0.25, 0.3) is 0 Å². The second-order valence-corrected chi connectivity index (χ2v) is 9.78. The van der Waals surface area contributed by atoms with Crippen molar-refractivity contribution in [2.75, 3.05) is 18.6 Å². The molecule has 1 aliphatic heterocycles. The molecule has 7 heteroatoms. The zero-order valence-corrected chi connectivity index (χ0v) is 15.2. The summed E-state index contributed by atoms with van der Waals surface area (Å²) < 4.78 is 24.0. The molecule has 4 nitrogen and oxygen atoms in total. The Bertz CT molecular complexity index is 616. The molecule has 1 saturated heterocycles. The van der Waals surface area contributed by atoms with Crippen molar-refractivity contribution in [1.29, 1.82) is 0 Å². The summed E-state index contributed by atoms with van der Waals surface area (Å²) in [5, 5.41) is -0.237. The summed E-state index contributed by atoms with van der Waals surface area (Å²) in [6.07, 6.45) is 0.542. The molecule has 21 heavy (non-hydrogen) atoms. The SMILES string of the molecule is CC(Sc1ccc(Br)cc1)C(=O)N(C)C1CCS(=O)(=O)C1. The van der Waals surface area contributed by atoms with Gasteiger partial charge in [0.1, 0.15) is 0 Å². The van der Waals surface area contributed by atoms with Gasteiger partial charge >= 0.3 is 0 Å². The zero-order valence-electron chi connectivity index (χ0n) is 12.0. The van der Waals surface area contributed by atoms with Crippen LogP contribution in [-0.4, -0.2) is 49.1 Å². The normalized spacial score (nSPS) is 22.0. The lowest BCUT2D eigenvalue weighted by Crippen LogP contribution is -2.41. The van der Waals surface area contributed by atoms with Crippen LogP contribution in [0.5, 0.6) is 0 Å². The summed E-state index contributed by atoms with van der Waals surface area (Å²) in [7, 11) is -1.27. The maximum atomic E-state index is 12.4. The lowest BCUT2D eigenvalue weighted by atomic mass is 10.2. The van der Waals surface area contributed by atoms with Crippen molar-refractivity contribution in [3.63, 3.8) is 0 Å². The van der Waals surface area contributed by atoms with Gasteiger partial charge < -0.3 is 4.90 Å². The van der Waals surface area contributed by atoms with Crippen molar-refractivity contribution in [3.05, 3.63) is 28.7 Å². The average Bonchev–Trinajstić information content (AvgIpc) is 2.80. The van der Waals surface area contributed by atoms with E-state index in [9.17, 15) is 13.2 Å². The fourth-order valence-corrected chi connectivity index (χ4v) is 5.32. The minimum atomic E-state index is -2.97. The minimum absolute atomic E-state index is 0.0231. The number of hydrogen-bond acceptors (Lipinski definition) is 4. The number of rotatable bonds is 4. The number of sulfone groups is 1. The van der Waals surface area contributed by atoms with E-state index in [0.29, 0.717) is 6.42 Å². The largest absolute Gasteiger partial charge is 0.341 e. The van der Waals surface area contributed by atoms with E-state index in [1.165, 1.54) is 11.8 Å². The number of amides is 1. The predicted octanol–water partition coefficient (Wildman–Crippen LogP) is 2.58. The molecule has 1 aromatic rings. The fourth-order valence-electron chi connectivity index (χ4n) is 2.32. The second-order valence-electron chi connectivity index (χ2n) is 5.22. The van der Waals surface area contributed by atoms with Gasteiger partial charge in [-0.05, 0) is 37.6 Å². The molecule has 1 aliphatic rings. The Hall–Kier alpha value is -0.530. The topological polar surface area (TPSA) is 54.5 Å². The van der Waals surface area contributed by atoms with Gasteiger partial charge in [-0.1, -0.05) is 15.9 Å². The van der Waals surface area contributed by atoms with Crippen LogP contribution in [0.3, 0.4) is 0 Å². The van der Waals surface area contributed by atoms with Crippen LogP contribution >= 0.6 is 27.7 Å². The van der Waals surface area contributed by atoms with Crippen LogP contribution in [-0.2, 0) is 14.6 Å². The van der Waals surface area contributed by atoms with E-state index in [-0.39, 0.29) is 28.7 Å². The first kappa shape index (κ1) is 16.8. The Labute approximate surface area is 138 Å². The van der Waals surface area contributed by atoms with Crippen molar-refractivity contribution in [1.82, 2.24) is 4.90 Å². The summed E-state index contributed by atoms with van der Waals surface area (Å²) in [6.45, 7) is 1.86. The van der Waals surface area contributed by atoms with Crippen LogP contribution in [0.15, 0.2) is 33.6 Å². The summed E-state index contributed by atoms with van der Waals surface area (Å²) >= 11 is 4.86. The molecule has 2 unspecified atom stereocenters. The van der Waals surface area contributed by atoms with Gasteiger partial charge in [0, 0.05) is 22.5 Å². The predicted molar refractivity (Wildman–Crippen MR) is 89.3 cm³/mol. The molecular formula is C14H18BrNO3S2. The maximum absolute atomic E-state index is 12.4. The van der Waals surface area contributed by atoms with Gasteiger partial charge in [-0.25, -0.2) is 8.42 Å². The van der Waals surface area contributed by atoms with Crippen LogP contribution in [0.1, 0.15) is 13.3 Å². The van der Waals surface area contributed by atoms with Crippen molar-refractivity contribution in [3.8, 4) is 0 Å². The monoisotopic (exact) mass is 391 g/mol. The number of thioether (sulfide) groups is 1. The van der Waals surface area contributed by atoms with E-state index in [0.717, 1.165) is 9.37 Å². The lowest BCUT2D eigenvalue weighted by molar-refractivity contribution is -0.130. The molecule has 0 saturated carbocycles. The van der Waals surface area contributed by atoms with Crippen LogP contribution in [0.25, 0.3) is 0 Å². The summed E-state index contributed by atoms with van der Waals surface area (Å²) in [4.78, 5) is 15.0. The number of hydrogen-bond donors (Lipinski definition) is 0. The van der Waals surface area contributed by atoms with Crippen molar-refractivity contribution in [2.24, 2.45) is 0 Å². The van der Waals surface area contributed by atoms with E-state index in [2.05, 4.69) is 15.9 Å². The summed E-state index contributed by atoms with van der Waals surface area (Å²) in [5.74, 6) is 0.249. The fraction of sp³-hybridized carbons (Fsp3) is 0.500. The van der Waals surface area contributed by atoms with Gasteiger partial charge in [0.2, 0.25) is 5.91 Å². The van der Waals surface area contributed by atoms with Crippen molar-refractivity contribution in [2.45, 2.75) is 29.5 Å². The molecule has 1 aromatic carbocycles. The summed E-state index contributed by atoms with van der Waals surface area (Å²) in [6, 6.07) is 7.60. The average molecular weight is 392 g/mol. The first-order chi connectivity index (χ1) is 9.78.